The van der Waals surface area contributed by atoms with Gasteiger partial charge in [0.25, 0.3) is 0 Å². The number of hydrogen-bond donors (Lipinski definition) is 1. The van der Waals surface area contributed by atoms with Crippen LogP contribution in [0, 0.1) is 0 Å². The van der Waals surface area contributed by atoms with E-state index in [0.717, 1.165) is 24.3 Å². The third-order valence-electron chi connectivity index (χ3n) is 4.48. The largest absolute Gasteiger partial charge is 0.492 e. The monoisotopic (exact) mass is 332 g/mol. The van der Waals surface area contributed by atoms with Gasteiger partial charge in [-0.15, -0.1) is 0 Å². The number of benzene rings is 1. The molecule has 1 N–H and O–H groups in total. The first-order valence-corrected chi connectivity index (χ1v) is 8.87. The summed E-state index contributed by atoms with van der Waals surface area (Å²) in [4.78, 5) is 14.0. The second-order valence-electron chi connectivity index (χ2n) is 7.65. The first kappa shape index (κ1) is 17.1. The molecular formula is C19H28N2O3. The van der Waals surface area contributed by atoms with E-state index in [1.807, 2.05) is 32.9 Å². The van der Waals surface area contributed by atoms with Crippen LogP contribution in [0.1, 0.15) is 44.7 Å². The molecule has 2 heterocycles. The maximum absolute atomic E-state index is 12.3. The predicted molar refractivity (Wildman–Crippen MR) is 93.3 cm³/mol. The zero-order valence-corrected chi connectivity index (χ0v) is 14.9. The summed E-state index contributed by atoms with van der Waals surface area (Å²) in [6.45, 7) is 8.74. The number of rotatable bonds is 3. The Morgan fingerprint density at radius 3 is 2.92 bits per heavy atom. The van der Waals surface area contributed by atoms with Gasteiger partial charge in [-0.1, -0.05) is 12.1 Å². The van der Waals surface area contributed by atoms with Crippen molar-refractivity contribution in [2.45, 2.75) is 58.2 Å². The Morgan fingerprint density at radius 1 is 1.38 bits per heavy atom. The predicted octanol–water partition coefficient (Wildman–Crippen LogP) is 3.11. The van der Waals surface area contributed by atoms with Crippen LogP contribution in [0.5, 0.6) is 5.75 Å². The third-order valence-corrected chi connectivity index (χ3v) is 4.48. The second kappa shape index (κ2) is 7.01. The van der Waals surface area contributed by atoms with E-state index in [4.69, 9.17) is 9.47 Å². The third kappa shape index (κ3) is 4.20. The van der Waals surface area contributed by atoms with Crippen LogP contribution in [0.2, 0.25) is 0 Å². The quantitative estimate of drug-likeness (QED) is 0.924. The highest BCUT2D eigenvalue weighted by Gasteiger charge is 2.27. The lowest BCUT2D eigenvalue weighted by Crippen LogP contribution is -2.40. The fourth-order valence-electron chi connectivity index (χ4n) is 3.28. The molecule has 5 heteroatoms. The van der Waals surface area contributed by atoms with Crippen LogP contribution in [0.3, 0.4) is 0 Å². The number of carbonyl (C=O) groups is 1. The molecule has 1 fully saturated rings. The molecule has 24 heavy (non-hydrogen) atoms. The van der Waals surface area contributed by atoms with Crippen molar-refractivity contribution in [2.75, 3.05) is 19.7 Å². The molecule has 0 aliphatic carbocycles. The van der Waals surface area contributed by atoms with Gasteiger partial charge in [0.1, 0.15) is 18.0 Å². The van der Waals surface area contributed by atoms with E-state index in [2.05, 4.69) is 11.4 Å². The van der Waals surface area contributed by atoms with E-state index in [1.54, 1.807) is 4.90 Å². The van der Waals surface area contributed by atoms with Crippen LogP contribution < -0.4 is 10.1 Å². The molecular weight excluding hydrogens is 304 g/mol. The number of nitrogens with zero attached hydrogens (tertiary/aromatic N) is 1. The topological polar surface area (TPSA) is 50.8 Å². The van der Waals surface area contributed by atoms with Gasteiger partial charge in [0.15, 0.2) is 0 Å². The fraction of sp³-hybridized carbons (Fsp3) is 0.632. The van der Waals surface area contributed by atoms with Crippen molar-refractivity contribution in [3.63, 3.8) is 0 Å². The summed E-state index contributed by atoms with van der Waals surface area (Å²) in [5, 5.41) is 3.46. The Labute approximate surface area is 144 Å². The Hall–Kier alpha value is -1.75. The van der Waals surface area contributed by atoms with Crippen molar-refractivity contribution in [2.24, 2.45) is 0 Å². The van der Waals surface area contributed by atoms with Gasteiger partial charge in [-0.3, -0.25) is 0 Å². The minimum absolute atomic E-state index is 0.241. The first-order chi connectivity index (χ1) is 11.4. The lowest BCUT2D eigenvalue weighted by molar-refractivity contribution is 0.0223. The van der Waals surface area contributed by atoms with Crippen LogP contribution >= 0.6 is 0 Å². The maximum Gasteiger partial charge on any atom is 0.410 e. The Bertz CT molecular complexity index is 589. The Kier molecular flexibility index (Phi) is 4.99. The molecule has 0 spiro atoms. The molecule has 0 saturated carbocycles. The number of hydrogen-bond acceptors (Lipinski definition) is 4. The van der Waals surface area contributed by atoms with E-state index in [-0.39, 0.29) is 6.09 Å². The summed E-state index contributed by atoms with van der Waals surface area (Å²) < 4.78 is 11.6. The molecule has 0 unspecified atom stereocenters. The minimum Gasteiger partial charge on any atom is -0.492 e. The van der Waals surface area contributed by atoms with Crippen molar-refractivity contribution in [1.29, 1.82) is 0 Å². The zero-order chi connectivity index (χ0) is 17.2. The van der Waals surface area contributed by atoms with Gasteiger partial charge in [-0.2, -0.15) is 0 Å². The normalized spacial score (nSPS) is 20.6. The van der Waals surface area contributed by atoms with Gasteiger partial charge < -0.3 is 19.7 Å². The number of ether oxygens (including phenoxy) is 2. The molecule has 1 saturated heterocycles. The maximum atomic E-state index is 12.3. The summed E-state index contributed by atoms with van der Waals surface area (Å²) in [7, 11) is 0. The fourth-order valence-corrected chi connectivity index (χ4v) is 3.28. The first-order valence-electron chi connectivity index (χ1n) is 8.87. The standard InChI is InChI=1S/C19H28N2O3/c1-19(2,3)24-18(22)21-11-9-16-14(12-21)6-4-8-17(16)23-13-15-7-5-10-20-15/h4,6,8,15,20H,5,7,9-13H2,1-3H3/t15-/m0/s1. The summed E-state index contributed by atoms with van der Waals surface area (Å²) in [6.07, 6.45) is 2.98. The molecule has 3 rings (SSSR count). The average Bonchev–Trinajstić information content (AvgIpc) is 3.04. The molecule has 2 aliphatic rings. The molecule has 2 aliphatic heterocycles. The highest BCUT2D eigenvalue weighted by atomic mass is 16.6. The minimum atomic E-state index is -0.462. The van der Waals surface area contributed by atoms with E-state index in [0.29, 0.717) is 25.7 Å². The van der Waals surface area contributed by atoms with Crippen molar-refractivity contribution in [3.8, 4) is 5.75 Å². The van der Waals surface area contributed by atoms with Crippen molar-refractivity contribution in [3.05, 3.63) is 29.3 Å². The van der Waals surface area contributed by atoms with Crippen molar-refractivity contribution < 1.29 is 14.3 Å². The van der Waals surface area contributed by atoms with Gasteiger partial charge in [-0.05, 0) is 58.2 Å². The molecule has 1 aromatic carbocycles. The van der Waals surface area contributed by atoms with Gasteiger partial charge in [-0.25, -0.2) is 4.79 Å². The number of fused-ring (bicyclic) bond motifs is 1. The molecule has 1 amide bonds. The van der Waals surface area contributed by atoms with E-state index < -0.39 is 5.60 Å². The van der Waals surface area contributed by atoms with E-state index >= 15 is 0 Å². The molecule has 5 nitrogen and oxygen atoms in total. The van der Waals surface area contributed by atoms with Crippen LogP contribution in [0.15, 0.2) is 18.2 Å². The summed E-state index contributed by atoms with van der Waals surface area (Å²) in [6, 6.07) is 6.58. The number of nitrogens with one attached hydrogen (secondary N) is 1. The van der Waals surface area contributed by atoms with Gasteiger partial charge in [0.05, 0.1) is 0 Å². The highest BCUT2D eigenvalue weighted by molar-refractivity contribution is 5.69. The van der Waals surface area contributed by atoms with Crippen molar-refractivity contribution >= 4 is 6.09 Å². The molecule has 1 aromatic rings. The summed E-state index contributed by atoms with van der Waals surface area (Å²) >= 11 is 0. The highest BCUT2D eigenvalue weighted by Crippen LogP contribution is 2.29. The van der Waals surface area contributed by atoms with Crippen molar-refractivity contribution in [1.82, 2.24) is 10.2 Å². The molecule has 0 radical (unpaired) electrons. The molecule has 0 aromatic heterocycles. The molecule has 0 bridgehead atoms. The van der Waals surface area contributed by atoms with Gasteiger partial charge in [0, 0.05) is 24.7 Å². The van der Waals surface area contributed by atoms with E-state index in [9.17, 15) is 4.79 Å². The smallest absolute Gasteiger partial charge is 0.410 e. The van der Waals surface area contributed by atoms with E-state index in [1.165, 1.54) is 18.4 Å². The lowest BCUT2D eigenvalue weighted by Gasteiger charge is -2.32. The molecule has 1 atom stereocenters. The number of amides is 1. The lowest BCUT2D eigenvalue weighted by atomic mass is 9.99. The zero-order valence-electron chi connectivity index (χ0n) is 14.9. The van der Waals surface area contributed by atoms with Crippen LogP contribution in [-0.2, 0) is 17.7 Å². The molecule has 132 valence electrons. The summed E-state index contributed by atoms with van der Waals surface area (Å²) in [5.41, 5.74) is 1.93. The Morgan fingerprint density at radius 2 is 2.21 bits per heavy atom. The average molecular weight is 332 g/mol. The van der Waals surface area contributed by atoms with Gasteiger partial charge in [0.2, 0.25) is 0 Å². The van der Waals surface area contributed by atoms with Crippen LogP contribution in [-0.4, -0.2) is 42.3 Å². The Balaban J connectivity index is 1.64. The van der Waals surface area contributed by atoms with Crippen LogP contribution in [0.25, 0.3) is 0 Å². The second-order valence-corrected chi connectivity index (χ2v) is 7.65. The van der Waals surface area contributed by atoms with Gasteiger partial charge >= 0.3 is 6.09 Å². The SMILES string of the molecule is CC(C)(C)OC(=O)N1CCc2c(cccc2OC[C@@H]2CCCN2)C1. The number of carbonyl (C=O) groups excluding carboxylic acids is 1. The van der Waals surface area contributed by atoms with Crippen LogP contribution in [0.4, 0.5) is 4.79 Å². The summed E-state index contributed by atoms with van der Waals surface area (Å²) in [5.74, 6) is 0.963.